The molecule has 0 saturated carbocycles. The molecule has 2 aliphatic heterocycles. The summed E-state index contributed by atoms with van der Waals surface area (Å²) in [6, 6.07) is 7.26. The highest BCUT2D eigenvalue weighted by molar-refractivity contribution is 6.39. The number of benzene rings is 1. The SMILES string of the molecule is CC1Cc2cc([C@H]3CC[C@H](C)CN3C(=O)C(=O)Nc3cncc(C(N)=O)c3)ccc2O1. The maximum absolute atomic E-state index is 13.1. The Kier molecular flexibility index (Phi) is 5.63. The summed E-state index contributed by atoms with van der Waals surface area (Å²) in [4.78, 5) is 42.7. The van der Waals surface area contributed by atoms with Crippen LogP contribution >= 0.6 is 0 Å². The van der Waals surface area contributed by atoms with Gasteiger partial charge in [0.05, 0.1) is 23.5 Å². The second-order valence-corrected chi connectivity index (χ2v) is 8.44. The quantitative estimate of drug-likeness (QED) is 0.738. The minimum Gasteiger partial charge on any atom is -0.490 e. The summed E-state index contributed by atoms with van der Waals surface area (Å²) in [7, 11) is 0. The van der Waals surface area contributed by atoms with E-state index in [-0.39, 0.29) is 23.4 Å². The number of carbonyl (C=O) groups is 3. The van der Waals surface area contributed by atoms with E-state index in [1.165, 1.54) is 18.5 Å². The Bertz CT molecular complexity index is 1040. The molecule has 2 aromatic rings. The number of ether oxygens (including phenoxy) is 1. The molecule has 2 aliphatic rings. The van der Waals surface area contributed by atoms with Crippen LogP contribution in [0.25, 0.3) is 0 Å². The maximum Gasteiger partial charge on any atom is 0.313 e. The molecule has 1 fully saturated rings. The van der Waals surface area contributed by atoms with Gasteiger partial charge in [-0.25, -0.2) is 0 Å². The number of nitrogens with one attached hydrogen (secondary N) is 1. The number of piperidine rings is 1. The van der Waals surface area contributed by atoms with Crippen LogP contribution in [-0.4, -0.2) is 40.3 Å². The average molecular weight is 422 g/mol. The molecule has 8 nitrogen and oxygen atoms in total. The molecule has 1 unspecified atom stereocenters. The zero-order chi connectivity index (χ0) is 22.1. The van der Waals surface area contributed by atoms with Gasteiger partial charge in [0.2, 0.25) is 5.91 Å². The Morgan fingerprint density at radius 3 is 2.74 bits per heavy atom. The Labute approximate surface area is 180 Å². The van der Waals surface area contributed by atoms with Crippen molar-refractivity contribution >= 4 is 23.4 Å². The summed E-state index contributed by atoms with van der Waals surface area (Å²) < 4.78 is 5.79. The minimum atomic E-state index is -0.763. The number of anilines is 1. The molecule has 8 heteroatoms. The zero-order valence-electron chi connectivity index (χ0n) is 17.6. The number of fused-ring (bicyclic) bond motifs is 1. The van der Waals surface area contributed by atoms with Gasteiger partial charge in [0, 0.05) is 19.2 Å². The first-order chi connectivity index (χ1) is 14.8. The lowest BCUT2D eigenvalue weighted by atomic mass is 9.89. The van der Waals surface area contributed by atoms with E-state index >= 15 is 0 Å². The fraction of sp³-hybridized carbons (Fsp3) is 0.391. The number of carbonyl (C=O) groups excluding carboxylic acids is 3. The summed E-state index contributed by atoms with van der Waals surface area (Å²) in [5.74, 6) is -0.843. The van der Waals surface area contributed by atoms with E-state index in [4.69, 9.17) is 10.5 Å². The van der Waals surface area contributed by atoms with Gasteiger partial charge in [0.15, 0.2) is 0 Å². The molecule has 0 radical (unpaired) electrons. The molecule has 3 N–H and O–H groups in total. The second kappa shape index (κ2) is 8.37. The van der Waals surface area contributed by atoms with Crippen LogP contribution in [0.4, 0.5) is 5.69 Å². The van der Waals surface area contributed by atoms with Gasteiger partial charge in [-0.15, -0.1) is 0 Å². The first-order valence-corrected chi connectivity index (χ1v) is 10.5. The number of amides is 3. The molecule has 3 amide bonds. The lowest BCUT2D eigenvalue weighted by Gasteiger charge is -2.38. The number of rotatable bonds is 3. The predicted octanol–water partition coefficient (Wildman–Crippen LogP) is 2.44. The van der Waals surface area contributed by atoms with Crippen molar-refractivity contribution in [3.05, 3.63) is 53.3 Å². The van der Waals surface area contributed by atoms with Crippen molar-refractivity contribution in [2.75, 3.05) is 11.9 Å². The number of pyridine rings is 1. The van der Waals surface area contributed by atoms with E-state index in [2.05, 4.69) is 23.3 Å². The zero-order valence-corrected chi connectivity index (χ0v) is 17.6. The summed E-state index contributed by atoms with van der Waals surface area (Å²) in [6.45, 7) is 4.61. The van der Waals surface area contributed by atoms with Crippen molar-refractivity contribution in [3.63, 3.8) is 0 Å². The highest BCUT2D eigenvalue weighted by atomic mass is 16.5. The van der Waals surface area contributed by atoms with Gasteiger partial charge in [0.1, 0.15) is 11.9 Å². The standard InChI is InChI=1S/C23H26N4O4/c1-13-3-5-19(15-4-6-20-16(8-15)7-14(2)31-20)27(12-13)23(30)22(29)26-18-9-17(21(24)28)10-25-11-18/h4,6,8-11,13-14,19H,3,5,7,12H2,1-2H3,(H2,24,28)(H,26,29)/t13-,14?,19+/m0/s1. The van der Waals surface area contributed by atoms with Crippen LogP contribution in [-0.2, 0) is 16.0 Å². The first-order valence-electron chi connectivity index (χ1n) is 10.5. The molecule has 31 heavy (non-hydrogen) atoms. The van der Waals surface area contributed by atoms with Gasteiger partial charge in [-0.2, -0.15) is 0 Å². The van der Waals surface area contributed by atoms with Crippen molar-refractivity contribution in [2.45, 2.75) is 45.3 Å². The summed E-state index contributed by atoms with van der Waals surface area (Å²) in [5.41, 5.74) is 7.82. The highest BCUT2D eigenvalue weighted by Crippen LogP contribution is 2.37. The van der Waals surface area contributed by atoms with Crippen molar-refractivity contribution in [3.8, 4) is 5.75 Å². The van der Waals surface area contributed by atoms with Crippen LogP contribution in [0.1, 0.15) is 54.2 Å². The fourth-order valence-corrected chi connectivity index (χ4v) is 4.33. The number of nitrogens with two attached hydrogens (primary N) is 1. The second-order valence-electron chi connectivity index (χ2n) is 8.44. The summed E-state index contributed by atoms with van der Waals surface area (Å²) in [5, 5.41) is 2.55. The van der Waals surface area contributed by atoms with Crippen LogP contribution in [0.15, 0.2) is 36.7 Å². The molecule has 4 rings (SSSR count). The lowest BCUT2D eigenvalue weighted by molar-refractivity contribution is -0.146. The molecule has 3 heterocycles. The molecule has 3 atom stereocenters. The van der Waals surface area contributed by atoms with E-state index in [0.29, 0.717) is 12.5 Å². The molecule has 1 aromatic heterocycles. The van der Waals surface area contributed by atoms with Crippen LogP contribution in [0, 0.1) is 5.92 Å². The number of nitrogens with zero attached hydrogens (tertiary/aromatic N) is 2. The predicted molar refractivity (Wildman–Crippen MR) is 114 cm³/mol. The number of aromatic nitrogens is 1. The topological polar surface area (TPSA) is 115 Å². The largest absolute Gasteiger partial charge is 0.490 e. The van der Waals surface area contributed by atoms with Crippen molar-refractivity contribution in [2.24, 2.45) is 11.7 Å². The Hall–Kier alpha value is -3.42. The van der Waals surface area contributed by atoms with Crippen molar-refractivity contribution in [1.82, 2.24) is 9.88 Å². The van der Waals surface area contributed by atoms with E-state index in [1.54, 1.807) is 4.90 Å². The van der Waals surface area contributed by atoms with E-state index in [1.807, 2.05) is 19.1 Å². The Balaban J connectivity index is 1.54. The molecule has 0 bridgehead atoms. The number of hydrogen-bond donors (Lipinski definition) is 2. The van der Waals surface area contributed by atoms with Gasteiger partial charge in [-0.1, -0.05) is 13.0 Å². The lowest BCUT2D eigenvalue weighted by Crippen LogP contribution is -2.46. The van der Waals surface area contributed by atoms with Crippen LogP contribution in [0.3, 0.4) is 0 Å². The average Bonchev–Trinajstić information content (AvgIpc) is 3.12. The van der Waals surface area contributed by atoms with Gasteiger partial charge in [-0.3, -0.25) is 19.4 Å². The third-order valence-corrected chi connectivity index (χ3v) is 5.86. The Morgan fingerprint density at radius 2 is 1.97 bits per heavy atom. The van der Waals surface area contributed by atoms with E-state index < -0.39 is 17.7 Å². The first kappa shape index (κ1) is 20.8. The van der Waals surface area contributed by atoms with Crippen LogP contribution in [0.5, 0.6) is 5.75 Å². The van der Waals surface area contributed by atoms with Gasteiger partial charge in [0.25, 0.3) is 0 Å². The number of hydrogen-bond acceptors (Lipinski definition) is 5. The molecule has 1 aromatic carbocycles. The third kappa shape index (κ3) is 4.38. The summed E-state index contributed by atoms with van der Waals surface area (Å²) >= 11 is 0. The van der Waals surface area contributed by atoms with E-state index in [0.717, 1.165) is 36.1 Å². The molecular formula is C23H26N4O4. The van der Waals surface area contributed by atoms with Crippen LogP contribution < -0.4 is 15.8 Å². The molecule has 0 spiro atoms. The number of primary amides is 1. The summed E-state index contributed by atoms with van der Waals surface area (Å²) in [6.07, 6.45) is 5.42. The van der Waals surface area contributed by atoms with Gasteiger partial charge < -0.3 is 20.7 Å². The Morgan fingerprint density at radius 1 is 1.16 bits per heavy atom. The monoisotopic (exact) mass is 422 g/mol. The normalized spacial score (nSPS) is 22.4. The maximum atomic E-state index is 13.1. The fourth-order valence-electron chi connectivity index (χ4n) is 4.33. The van der Waals surface area contributed by atoms with Gasteiger partial charge in [-0.05, 0) is 55.0 Å². The molecular weight excluding hydrogens is 396 g/mol. The molecule has 0 aliphatic carbocycles. The van der Waals surface area contributed by atoms with Gasteiger partial charge >= 0.3 is 11.8 Å². The highest BCUT2D eigenvalue weighted by Gasteiger charge is 2.35. The minimum absolute atomic E-state index is 0.143. The number of likely N-dealkylation sites (tertiary alicyclic amines) is 1. The van der Waals surface area contributed by atoms with Crippen molar-refractivity contribution in [1.29, 1.82) is 0 Å². The smallest absolute Gasteiger partial charge is 0.313 e. The van der Waals surface area contributed by atoms with E-state index in [9.17, 15) is 14.4 Å². The molecule has 162 valence electrons. The van der Waals surface area contributed by atoms with Crippen molar-refractivity contribution < 1.29 is 19.1 Å². The molecule has 1 saturated heterocycles. The third-order valence-electron chi connectivity index (χ3n) is 5.86. The van der Waals surface area contributed by atoms with Crippen LogP contribution in [0.2, 0.25) is 0 Å².